The summed E-state index contributed by atoms with van der Waals surface area (Å²) in [6.07, 6.45) is 0. The van der Waals surface area contributed by atoms with Gasteiger partial charge in [-0.05, 0) is 119 Å². The molecule has 1 nitrogen and oxygen atoms in total. The monoisotopic (exact) mass is 659 g/mol. The molecule has 0 fully saturated rings. The highest BCUT2D eigenvalue weighted by Crippen LogP contribution is 2.52. The van der Waals surface area contributed by atoms with Gasteiger partial charge >= 0.3 is 0 Å². The van der Waals surface area contributed by atoms with Crippen LogP contribution in [0.3, 0.4) is 0 Å². The highest BCUT2D eigenvalue weighted by molar-refractivity contribution is 6.21. The molecule has 0 amide bonds. The molecule has 0 saturated carbocycles. The van der Waals surface area contributed by atoms with E-state index in [-0.39, 0.29) is 5.41 Å². The van der Waals surface area contributed by atoms with Crippen molar-refractivity contribution in [3.8, 4) is 50.2 Å². The van der Waals surface area contributed by atoms with E-state index in [4.69, 9.17) is 0 Å². The van der Waals surface area contributed by atoms with E-state index in [0.717, 1.165) is 0 Å². The highest BCUT2D eigenvalue weighted by atomic mass is 15.0. The summed E-state index contributed by atoms with van der Waals surface area (Å²) in [5.74, 6) is 0. The fraction of sp³-hybridized carbons (Fsp3) is 0.0588. The number of hydrogen-bond acceptors (Lipinski definition) is 0. The van der Waals surface area contributed by atoms with Crippen LogP contribution < -0.4 is 0 Å². The summed E-state index contributed by atoms with van der Waals surface area (Å²) in [5, 5.41) is 10.3. The van der Waals surface area contributed by atoms with Crippen molar-refractivity contribution in [2.75, 3.05) is 0 Å². The maximum absolute atomic E-state index is 2.51. The third-order valence-corrected chi connectivity index (χ3v) is 12.3. The van der Waals surface area contributed by atoms with Gasteiger partial charge in [-0.2, -0.15) is 0 Å². The Morgan fingerprint density at radius 1 is 0.346 bits per heavy atom. The van der Waals surface area contributed by atoms with Crippen LogP contribution in [0.25, 0.3) is 104 Å². The molecule has 2 aliphatic carbocycles. The average Bonchev–Trinajstić information content (AvgIpc) is 3.77. The van der Waals surface area contributed by atoms with Crippen LogP contribution in [0.2, 0.25) is 0 Å². The van der Waals surface area contributed by atoms with Crippen LogP contribution in [0.15, 0.2) is 164 Å². The first-order chi connectivity index (χ1) is 25.6. The van der Waals surface area contributed by atoms with Gasteiger partial charge in [-0.15, -0.1) is 0 Å². The topological polar surface area (TPSA) is 4.93 Å². The molecule has 0 aliphatic heterocycles. The van der Waals surface area contributed by atoms with E-state index in [1.165, 1.54) is 115 Å². The number of rotatable bonds is 2. The zero-order valence-electron chi connectivity index (χ0n) is 29.0. The van der Waals surface area contributed by atoms with Gasteiger partial charge in [-0.1, -0.05) is 141 Å². The molecule has 0 radical (unpaired) electrons. The summed E-state index contributed by atoms with van der Waals surface area (Å²) in [6, 6.07) is 61.6. The van der Waals surface area contributed by atoms with Crippen molar-refractivity contribution in [2.24, 2.45) is 0 Å². The van der Waals surface area contributed by atoms with Crippen molar-refractivity contribution in [3.05, 3.63) is 175 Å². The standard InChI is InChI=1S/C51H33N/c1-51(2)45-20-9-7-15-37(45)43-26-31-29-49-44(27-30(31)28-46(43)51)39-17-8-10-21-47(39)52(49)48-25-24-35(32-12-5-6-16-38(32)48)36-22-23-42-34-14-4-3-13-33(34)40-18-11-19-41(36)50(40)42/h3-29H,1-2H3. The van der Waals surface area contributed by atoms with E-state index in [2.05, 4.69) is 182 Å². The number of aromatic nitrogens is 1. The zero-order chi connectivity index (χ0) is 34.3. The van der Waals surface area contributed by atoms with Crippen LogP contribution >= 0.6 is 0 Å². The van der Waals surface area contributed by atoms with Crippen molar-refractivity contribution in [1.29, 1.82) is 0 Å². The van der Waals surface area contributed by atoms with Gasteiger partial charge in [0.15, 0.2) is 0 Å². The summed E-state index contributed by atoms with van der Waals surface area (Å²) in [5.41, 5.74) is 17.1. The van der Waals surface area contributed by atoms with E-state index >= 15 is 0 Å². The van der Waals surface area contributed by atoms with E-state index in [1.807, 2.05) is 0 Å². The van der Waals surface area contributed by atoms with Crippen LogP contribution in [0.1, 0.15) is 25.0 Å². The van der Waals surface area contributed by atoms with Gasteiger partial charge < -0.3 is 4.57 Å². The van der Waals surface area contributed by atoms with E-state index in [1.54, 1.807) is 0 Å². The first-order valence-corrected chi connectivity index (χ1v) is 18.4. The van der Waals surface area contributed by atoms with Crippen molar-refractivity contribution in [3.63, 3.8) is 0 Å². The lowest BCUT2D eigenvalue weighted by atomic mass is 9.82. The molecular weight excluding hydrogens is 627 g/mol. The SMILES string of the molecule is CC1(C)c2ccccc2-c2cc3cc4c(cc3cc21)c1ccccc1n4-c1ccc(-c2ccc3c4c(cccc24)-c2ccccc2-3)c2ccccc12. The predicted molar refractivity (Wildman–Crippen MR) is 221 cm³/mol. The van der Waals surface area contributed by atoms with Crippen molar-refractivity contribution < 1.29 is 0 Å². The summed E-state index contributed by atoms with van der Waals surface area (Å²) < 4.78 is 2.51. The molecule has 1 heterocycles. The Balaban J connectivity index is 1.11. The molecular formula is C51H33N. The number of hydrogen-bond donors (Lipinski definition) is 0. The van der Waals surface area contributed by atoms with E-state index in [0.29, 0.717) is 0 Å². The molecule has 52 heavy (non-hydrogen) atoms. The van der Waals surface area contributed by atoms with Crippen LogP contribution in [0.5, 0.6) is 0 Å². The minimum Gasteiger partial charge on any atom is -0.309 e. The van der Waals surface area contributed by atoms with Gasteiger partial charge in [0, 0.05) is 21.6 Å². The quantitative estimate of drug-likeness (QED) is 0.174. The minimum absolute atomic E-state index is 0.0291. The first-order valence-electron chi connectivity index (χ1n) is 18.4. The second kappa shape index (κ2) is 9.87. The molecule has 9 aromatic carbocycles. The Bertz CT molecular complexity index is 3180. The van der Waals surface area contributed by atoms with Gasteiger partial charge in [0.25, 0.3) is 0 Å². The predicted octanol–water partition coefficient (Wildman–Crippen LogP) is 13.9. The Hall–Kier alpha value is -6.44. The fourth-order valence-electron chi connectivity index (χ4n) is 9.93. The van der Waals surface area contributed by atoms with Crippen molar-refractivity contribution in [2.45, 2.75) is 19.3 Å². The van der Waals surface area contributed by atoms with Crippen LogP contribution in [0, 0.1) is 0 Å². The molecule has 1 aromatic heterocycles. The van der Waals surface area contributed by atoms with Crippen LogP contribution in [0.4, 0.5) is 0 Å². The molecule has 0 N–H and O–H groups in total. The molecule has 10 aromatic rings. The summed E-state index contributed by atoms with van der Waals surface area (Å²) >= 11 is 0. The minimum atomic E-state index is -0.0291. The second-order valence-corrected chi connectivity index (χ2v) is 15.2. The van der Waals surface area contributed by atoms with Crippen LogP contribution in [-0.4, -0.2) is 4.57 Å². The Labute approximate surface area is 302 Å². The zero-order valence-corrected chi connectivity index (χ0v) is 29.0. The number of nitrogens with zero attached hydrogens (tertiary/aromatic N) is 1. The van der Waals surface area contributed by atoms with Gasteiger partial charge in [-0.25, -0.2) is 0 Å². The summed E-state index contributed by atoms with van der Waals surface area (Å²) in [4.78, 5) is 0. The molecule has 0 spiro atoms. The normalized spacial score (nSPS) is 13.7. The third-order valence-electron chi connectivity index (χ3n) is 12.3. The van der Waals surface area contributed by atoms with Crippen molar-refractivity contribution >= 4 is 54.1 Å². The summed E-state index contributed by atoms with van der Waals surface area (Å²) in [6.45, 7) is 4.73. The lowest BCUT2D eigenvalue weighted by Crippen LogP contribution is -2.14. The number of benzene rings is 9. The maximum atomic E-state index is 2.51. The Kier molecular flexibility index (Phi) is 5.37. The number of para-hydroxylation sites is 1. The van der Waals surface area contributed by atoms with Crippen molar-refractivity contribution in [1.82, 2.24) is 4.57 Å². The average molecular weight is 660 g/mol. The molecule has 242 valence electrons. The fourth-order valence-corrected chi connectivity index (χ4v) is 9.93. The highest BCUT2D eigenvalue weighted by Gasteiger charge is 2.35. The van der Waals surface area contributed by atoms with Gasteiger partial charge in [0.2, 0.25) is 0 Å². The first kappa shape index (κ1) is 28.3. The smallest absolute Gasteiger partial charge is 0.0547 e. The number of fused-ring (bicyclic) bond motifs is 11. The Morgan fingerprint density at radius 3 is 1.79 bits per heavy atom. The molecule has 1 heteroatoms. The lowest BCUT2D eigenvalue weighted by molar-refractivity contribution is 0.661. The van der Waals surface area contributed by atoms with E-state index in [9.17, 15) is 0 Å². The molecule has 12 rings (SSSR count). The summed E-state index contributed by atoms with van der Waals surface area (Å²) in [7, 11) is 0. The molecule has 0 atom stereocenters. The molecule has 2 aliphatic rings. The van der Waals surface area contributed by atoms with Crippen LogP contribution in [-0.2, 0) is 5.41 Å². The second-order valence-electron chi connectivity index (χ2n) is 15.2. The molecule has 0 saturated heterocycles. The van der Waals surface area contributed by atoms with E-state index < -0.39 is 0 Å². The van der Waals surface area contributed by atoms with Gasteiger partial charge in [-0.3, -0.25) is 0 Å². The molecule has 0 unspecified atom stereocenters. The van der Waals surface area contributed by atoms with Gasteiger partial charge in [0.05, 0.1) is 16.7 Å². The largest absolute Gasteiger partial charge is 0.309 e. The Morgan fingerprint density at radius 2 is 0.942 bits per heavy atom. The molecule has 0 bridgehead atoms. The maximum Gasteiger partial charge on any atom is 0.0547 e. The third kappa shape index (κ3) is 3.53. The van der Waals surface area contributed by atoms with Gasteiger partial charge in [0.1, 0.15) is 0 Å². The lowest BCUT2D eigenvalue weighted by Gasteiger charge is -2.21.